The van der Waals surface area contributed by atoms with Crippen molar-refractivity contribution in [2.24, 2.45) is 45.8 Å². The van der Waals surface area contributed by atoms with Crippen LogP contribution in [0.5, 0.6) is 0 Å². The molecule has 0 aromatic heterocycles. The van der Waals surface area contributed by atoms with Crippen LogP contribution in [-0.2, 0) is 0 Å². The first-order valence-corrected chi connectivity index (χ1v) is 13.4. The van der Waals surface area contributed by atoms with Crippen LogP contribution in [0.15, 0.2) is 11.1 Å². The van der Waals surface area contributed by atoms with Gasteiger partial charge in [-0.3, -0.25) is 0 Å². The lowest BCUT2D eigenvalue weighted by molar-refractivity contribution is -0.128. The van der Waals surface area contributed by atoms with Crippen molar-refractivity contribution < 1.29 is 5.11 Å². The lowest BCUT2D eigenvalue weighted by Gasteiger charge is -2.61. The Bertz CT molecular complexity index is 672. The fraction of sp³-hybridized carbons (Fsp3) is 0.931. The van der Waals surface area contributed by atoms with E-state index in [2.05, 4.69) is 48.5 Å². The predicted molar refractivity (Wildman–Crippen MR) is 128 cm³/mol. The maximum atomic E-state index is 10.8. The zero-order valence-electron chi connectivity index (χ0n) is 21.2. The molecule has 0 radical (unpaired) electrons. The van der Waals surface area contributed by atoms with E-state index >= 15 is 0 Å². The standard InChI is InChI=1S/C29H50O/c1-19(2)9-8-10-20(3)22-12-13-23-21-11-14-25-27(4,5)26(30)16-18-29(25,7)24(21)15-17-28(22,23)6/h19-20,22,24-26,30H,8-18H2,1-7H3. The number of aliphatic hydroxyl groups is 1. The summed E-state index contributed by atoms with van der Waals surface area (Å²) in [6, 6.07) is 0. The Balaban J connectivity index is 1.57. The van der Waals surface area contributed by atoms with Crippen molar-refractivity contribution >= 4 is 0 Å². The zero-order chi connectivity index (χ0) is 21.9. The molecular formula is C29H50O. The molecule has 0 aromatic carbocycles. The molecule has 172 valence electrons. The number of fused-ring (bicyclic) bond motifs is 4. The van der Waals surface area contributed by atoms with Crippen molar-refractivity contribution in [2.75, 3.05) is 0 Å². The number of hydrogen-bond donors (Lipinski definition) is 1. The average Bonchev–Trinajstić information content (AvgIpc) is 3.02. The molecule has 0 saturated heterocycles. The molecule has 1 nitrogen and oxygen atoms in total. The van der Waals surface area contributed by atoms with Crippen molar-refractivity contribution in [2.45, 2.75) is 125 Å². The van der Waals surface area contributed by atoms with E-state index in [0.717, 1.165) is 30.1 Å². The van der Waals surface area contributed by atoms with E-state index in [0.29, 0.717) is 16.7 Å². The second kappa shape index (κ2) is 7.93. The Morgan fingerprint density at radius 3 is 2.33 bits per heavy atom. The van der Waals surface area contributed by atoms with Gasteiger partial charge in [-0.05, 0) is 97.2 Å². The Hall–Kier alpha value is -0.300. The molecule has 0 heterocycles. The highest BCUT2D eigenvalue weighted by Crippen LogP contribution is 2.68. The highest BCUT2D eigenvalue weighted by molar-refractivity contribution is 5.35. The molecule has 3 fully saturated rings. The van der Waals surface area contributed by atoms with E-state index in [-0.39, 0.29) is 11.5 Å². The molecule has 4 rings (SSSR count). The summed E-state index contributed by atoms with van der Waals surface area (Å²) in [4.78, 5) is 0. The summed E-state index contributed by atoms with van der Waals surface area (Å²) in [7, 11) is 0. The molecule has 0 amide bonds. The van der Waals surface area contributed by atoms with Crippen LogP contribution in [-0.4, -0.2) is 11.2 Å². The van der Waals surface area contributed by atoms with Crippen molar-refractivity contribution in [3.63, 3.8) is 0 Å². The summed E-state index contributed by atoms with van der Waals surface area (Å²) in [5.41, 5.74) is 4.80. The number of allylic oxidation sites excluding steroid dienone is 2. The average molecular weight is 415 g/mol. The minimum atomic E-state index is -0.110. The summed E-state index contributed by atoms with van der Waals surface area (Å²) >= 11 is 0. The third-order valence-electron chi connectivity index (χ3n) is 11.1. The molecule has 0 aromatic rings. The van der Waals surface area contributed by atoms with E-state index in [4.69, 9.17) is 0 Å². The van der Waals surface area contributed by atoms with Gasteiger partial charge >= 0.3 is 0 Å². The number of aliphatic hydroxyl groups excluding tert-OH is 1. The lowest BCUT2D eigenvalue weighted by atomic mass is 9.44. The van der Waals surface area contributed by atoms with Gasteiger partial charge in [0.05, 0.1) is 6.10 Å². The lowest BCUT2D eigenvalue weighted by Crippen LogP contribution is -2.55. The van der Waals surface area contributed by atoms with Crippen LogP contribution in [0.4, 0.5) is 0 Å². The first-order chi connectivity index (χ1) is 14.0. The fourth-order valence-electron chi connectivity index (χ4n) is 9.33. The van der Waals surface area contributed by atoms with Crippen molar-refractivity contribution in [1.82, 2.24) is 0 Å². The Morgan fingerprint density at radius 2 is 1.63 bits per heavy atom. The monoisotopic (exact) mass is 414 g/mol. The van der Waals surface area contributed by atoms with Gasteiger partial charge < -0.3 is 5.11 Å². The molecule has 0 bridgehead atoms. The number of hydrogen-bond acceptors (Lipinski definition) is 1. The molecule has 3 saturated carbocycles. The topological polar surface area (TPSA) is 20.2 Å². The number of rotatable bonds is 5. The van der Waals surface area contributed by atoms with Gasteiger partial charge in [0.2, 0.25) is 0 Å². The van der Waals surface area contributed by atoms with Gasteiger partial charge in [-0.2, -0.15) is 0 Å². The van der Waals surface area contributed by atoms with E-state index in [1.165, 1.54) is 64.2 Å². The first kappa shape index (κ1) is 22.9. The van der Waals surface area contributed by atoms with Crippen LogP contribution >= 0.6 is 0 Å². The third-order valence-corrected chi connectivity index (χ3v) is 11.1. The Morgan fingerprint density at radius 1 is 0.900 bits per heavy atom. The molecule has 7 atom stereocenters. The quantitative estimate of drug-likeness (QED) is 0.450. The van der Waals surface area contributed by atoms with Gasteiger partial charge in [0.25, 0.3) is 0 Å². The molecule has 1 heteroatoms. The molecular weight excluding hydrogens is 364 g/mol. The van der Waals surface area contributed by atoms with Crippen LogP contribution in [0.3, 0.4) is 0 Å². The summed E-state index contributed by atoms with van der Waals surface area (Å²) in [6.45, 7) is 17.3. The largest absolute Gasteiger partial charge is 0.393 e. The minimum absolute atomic E-state index is 0.0765. The van der Waals surface area contributed by atoms with E-state index in [1.54, 1.807) is 0 Å². The highest BCUT2D eigenvalue weighted by atomic mass is 16.3. The van der Waals surface area contributed by atoms with Gasteiger partial charge in [-0.25, -0.2) is 0 Å². The van der Waals surface area contributed by atoms with Gasteiger partial charge in [0.1, 0.15) is 0 Å². The summed E-state index contributed by atoms with van der Waals surface area (Å²) < 4.78 is 0. The molecule has 4 aliphatic rings. The summed E-state index contributed by atoms with van der Waals surface area (Å²) in [6.07, 6.45) is 14.6. The molecule has 30 heavy (non-hydrogen) atoms. The fourth-order valence-corrected chi connectivity index (χ4v) is 9.33. The van der Waals surface area contributed by atoms with Crippen molar-refractivity contribution in [1.29, 1.82) is 0 Å². The van der Waals surface area contributed by atoms with Gasteiger partial charge in [-0.1, -0.05) is 78.9 Å². The normalized spacial score (nSPS) is 43.9. The zero-order valence-corrected chi connectivity index (χ0v) is 21.2. The van der Waals surface area contributed by atoms with E-state index < -0.39 is 0 Å². The van der Waals surface area contributed by atoms with E-state index in [9.17, 15) is 5.11 Å². The van der Waals surface area contributed by atoms with Crippen molar-refractivity contribution in [3.05, 3.63) is 11.1 Å². The van der Waals surface area contributed by atoms with Crippen LogP contribution in [0, 0.1) is 45.8 Å². The first-order valence-electron chi connectivity index (χ1n) is 13.4. The Kier molecular flexibility index (Phi) is 6.05. The minimum Gasteiger partial charge on any atom is -0.393 e. The van der Waals surface area contributed by atoms with Crippen LogP contribution < -0.4 is 0 Å². The summed E-state index contributed by atoms with van der Waals surface area (Å²) in [5, 5.41) is 10.8. The van der Waals surface area contributed by atoms with Crippen molar-refractivity contribution in [3.8, 4) is 0 Å². The van der Waals surface area contributed by atoms with Crippen LogP contribution in [0.25, 0.3) is 0 Å². The third kappa shape index (κ3) is 3.45. The Labute approximate surface area is 187 Å². The molecule has 0 aliphatic heterocycles. The van der Waals surface area contributed by atoms with Crippen LogP contribution in [0.1, 0.15) is 119 Å². The predicted octanol–water partition coefficient (Wildman–Crippen LogP) is 8.17. The second-order valence-electron chi connectivity index (χ2n) is 13.4. The SMILES string of the molecule is CC(C)CCCC(C)C1CCC2=C3CCC4C(C)(C)C(O)CCC4(C)C3CCC21C. The van der Waals surface area contributed by atoms with Gasteiger partial charge in [0, 0.05) is 0 Å². The highest BCUT2D eigenvalue weighted by Gasteiger charge is 2.59. The smallest absolute Gasteiger partial charge is 0.0594 e. The van der Waals surface area contributed by atoms with Gasteiger partial charge in [-0.15, -0.1) is 0 Å². The maximum Gasteiger partial charge on any atom is 0.0594 e. The maximum absolute atomic E-state index is 10.8. The molecule has 1 N–H and O–H groups in total. The molecule has 4 aliphatic carbocycles. The molecule has 0 spiro atoms. The van der Waals surface area contributed by atoms with Crippen LogP contribution in [0.2, 0.25) is 0 Å². The second-order valence-corrected chi connectivity index (χ2v) is 13.4. The van der Waals surface area contributed by atoms with E-state index in [1.807, 2.05) is 11.1 Å². The summed E-state index contributed by atoms with van der Waals surface area (Å²) in [5.74, 6) is 4.10. The molecule has 7 unspecified atom stereocenters. The van der Waals surface area contributed by atoms with Gasteiger partial charge in [0.15, 0.2) is 0 Å².